The van der Waals surface area contributed by atoms with E-state index in [4.69, 9.17) is 0 Å². The summed E-state index contributed by atoms with van der Waals surface area (Å²) < 4.78 is 81.0. The Labute approximate surface area is 61.4 Å². The lowest BCUT2D eigenvalue weighted by Crippen LogP contribution is -2.23. The molecule has 0 saturated carbocycles. The van der Waals surface area contributed by atoms with Crippen molar-refractivity contribution >= 4 is 0 Å². The number of hydrogen-bond acceptors (Lipinski definition) is 1. The van der Waals surface area contributed by atoms with Crippen LogP contribution in [0.15, 0.2) is 12.1 Å². The molecule has 0 amide bonds. The van der Waals surface area contributed by atoms with Gasteiger partial charge in [-0.05, 0) is 0 Å². The van der Waals surface area contributed by atoms with Gasteiger partial charge in [-0.2, -0.15) is 30.7 Å². The molecular formula is C4F7O. The molecular weight excluding hydrogens is 197 g/mol. The third-order valence-corrected chi connectivity index (χ3v) is 0.586. The van der Waals surface area contributed by atoms with Gasteiger partial charge in [0.25, 0.3) is 0 Å². The Morgan fingerprint density at radius 3 is 1.58 bits per heavy atom. The van der Waals surface area contributed by atoms with E-state index in [1.165, 1.54) is 0 Å². The summed E-state index contributed by atoms with van der Waals surface area (Å²) in [7, 11) is 0. The van der Waals surface area contributed by atoms with Crippen LogP contribution >= 0.6 is 0 Å². The zero-order valence-electron chi connectivity index (χ0n) is 5.05. The second kappa shape index (κ2) is 3.63. The molecule has 0 bridgehead atoms. The molecule has 0 aromatic rings. The first-order valence-corrected chi connectivity index (χ1v) is 2.23. The lowest BCUT2D eigenvalue weighted by atomic mass is 10.6. The molecule has 0 aromatic heterocycles. The second-order valence-corrected chi connectivity index (χ2v) is 1.41. The van der Waals surface area contributed by atoms with Crippen LogP contribution in [-0.4, -0.2) is 6.11 Å². The van der Waals surface area contributed by atoms with Crippen LogP contribution in [0.4, 0.5) is 30.7 Å². The van der Waals surface area contributed by atoms with Gasteiger partial charge in [-0.15, -0.1) is 0 Å². The first-order chi connectivity index (χ1) is 5.27. The van der Waals surface area contributed by atoms with E-state index in [9.17, 15) is 30.7 Å². The van der Waals surface area contributed by atoms with Crippen molar-refractivity contribution in [3.05, 3.63) is 18.5 Å². The Morgan fingerprint density at radius 1 is 0.917 bits per heavy atom. The van der Waals surface area contributed by atoms with Gasteiger partial charge < -0.3 is 4.74 Å². The molecule has 1 nitrogen and oxygen atoms in total. The molecule has 8 heteroatoms. The third kappa shape index (κ3) is 2.97. The SMILES string of the molecule is F[C](F)C(F)(F)OC(F)=C(F)F. The minimum atomic E-state index is -5.33. The molecule has 0 unspecified atom stereocenters. The minimum absolute atomic E-state index is 2.30. The van der Waals surface area contributed by atoms with E-state index in [2.05, 4.69) is 4.74 Å². The van der Waals surface area contributed by atoms with Crippen LogP contribution in [0.5, 0.6) is 0 Å². The number of rotatable bonds is 3. The maximum Gasteiger partial charge on any atom is 0.473 e. The summed E-state index contributed by atoms with van der Waals surface area (Å²) in [5.41, 5.74) is 0. The van der Waals surface area contributed by atoms with Crippen LogP contribution in [0.1, 0.15) is 0 Å². The Bertz CT molecular complexity index is 182. The quantitative estimate of drug-likeness (QED) is 0.499. The molecule has 0 atom stereocenters. The highest BCUT2D eigenvalue weighted by Crippen LogP contribution is 2.33. The highest BCUT2D eigenvalue weighted by atomic mass is 19.3. The van der Waals surface area contributed by atoms with Crippen molar-refractivity contribution < 1.29 is 35.5 Å². The first kappa shape index (κ1) is 11.1. The van der Waals surface area contributed by atoms with Gasteiger partial charge in [0.15, 0.2) is 0 Å². The molecule has 0 aliphatic rings. The molecule has 0 N–H and O–H groups in total. The maximum atomic E-state index is 11.5. The second-order valence-electron chi connectivity index (χ2n) is 1.41. The fraction of sp³-hybridized carbons (Fsp3) is 0.250. The summed E-state index contributed by atoms with van der Waals surface area (Å²) in [6.45, 7) is 0. The van der Waals surface area contributed by atoms with Crippen LogP contribution in [0.3, 0.4) is 0 Å². The van der Waals surface area contributed by atoms with E-state index < -0.39 is 24.6 Å². The van der Waals surface area contributed by atoms with Crippen LogP contribution in [0.25, 0.3) is 0 Å². The lowest BCUT2D eigenvalue weighted by Gasteiger charge is -2.12. The number of hydrogen-bond donors (Lipinski definition) is 0. The van der Waals surface area contributed by atoms with E-state index in [0.717, 1.165) is 0 Å². The van der Waals surface area contributed by atoms with Crippen molar-refractivity contribution in [2.45, 2.75) is 6.11 Å². The molecule has 12 heavy (non-hydrogen) atoms. The van der Waals surface area contributed by atoms with Crippen LogP contribution in [-0.2, 0) is 4.74 Å². The largest absolute Gasteiger partial charge is 0.473 e. The predicted octanol–water partition coefficient (Wildman–Crippen LogP) is 3.06. The summed E-state index contributed by atoms with van der Waals surface area (Å²) in [6, 6.07) is -3.03. The fourth-order valence-corrected chi connectivity index (χ4v) is 0.190. The minimum Gasteiger partial charge on any atom is -0.397 e. The summed E-state index contributed by atoms with van der Waals surface area (Å²) in [4.78, 5) is 0. The van der Waals surface area contributed by atoms with Gasteiger partial charge in [-0.3, -0.25) is 0 Å². The average molecular weight is 197 g/mol. The van der Waals surface area contributed by atoms with Gasteiger partial charge in [0, 0.05) is 0 Å². The van der Waals surface area contributed by atoms with E-state index in [1.54, 1.807) is 0 Å². The number of halogens is 7. The number of ether oxygens (including phenoxy) is 1. The highest BCUT2D eigenvalue weighted by Gasteiger charge is 2.48. The molecule has 0 aliphatic carbocycles. The Kier molecular flexibility index (Phi) is 3.35. The van der Waals surface area contributed by atoms with Crippen molar-refractivity contribution in [1.29, 1.82) is 0 Å². The lowest BCUT2D eigenvalue weighted by molar-refractivity contribution is -0.251. The molecule has 0 heterocycles. The summed E-state index contributed by atoms with van der Waals surface area (Å²) >= 11 is 0. The van der Waals surface area contributed by atoms with Crippen molar-refractivity contribution in [2.24, 2.45) is 0 Å². The van der Waals surface area contributed by atoms with Crippen molar-refractivity contribution in [1.82, 2.24) is 0 Å². The van der Waals surface area contributed by atoms with Gasteiger partial charge in [0.05, 0.1) is 0 Å². The maximum absolute atomic E-state index is 11.5. The molecule has 0 saturated heterocycles. The van der Waals surface area contributed by atoms with Gasteiger partial charge in [-0.25, -0.2) is 0 Å². The van der Waals surface area contributed by atoms with E-state index in [-0.39, 0.29) is 0 Å². The summed E-state index contributed by atoms with van der Waals surface area (Å²) in [5.74, 6) is 0. The fourth-order valence-electron chi connectivity index (χ4n) is 0.190. The van der Waals surface area contributed by atoms with Crippen molar-refractivity contribution in [3.8, 4) is 0 Å². The Balaban J connectivity index is 4.36. The first-order valence-electron chi connectivity index (χ1n) is 2.23. The topological polar surface area (TPSA) is 9.23 Å². The van der Waals surface area contributed by atoms with Gasteiger partial charge in [0.2, 0.25) is 0 Å². The van der Waals surface area contributed by atoms with Gasteiger partial charge in [-0.1, -0.05) is 0 Å². The van der Waals surface area contributed by atoms with Crippen molar-refractivity contribution in [2.75, 3.05) is 0 Å². The smallest absolute Gasteiger partial charge is 0.397 e. The average Bonchev–Trinajstić information content (AvgIpc) is 1.85. The molecule has 1 radical (unpaired) electrons. The van der Waals surface area contributed by atoms with E-state index in [0.29, 0.717) is 0 Å². The van der Waals surface area contributed by atoms with Gasteiger partial charge in [0.1, 0.15) is 0 Å². The molecule has 71 valence electrons. The molecule has 0 rings (SSSR count). The van der Waals surface area contributed by atoms with Crippen LogP contribution in [0, 0.1) is 6.43 Å². The summed E-state index contributed by atoms with van der Waals surface area (Å²) in [6.07, 6.45) is -12.2. The molecule has 0 aromatic carbocycles. The molecule has 0 aliphatic heterocycles. The normalized spacial score (nSPS) is 11.7. The zero-order chi connectivity index (χ0) is 9.94. The van der Waals surface area contributed by atoms with E-state index >= 15 is 0 Å². The van der Waals surface area contributed by atoms with Crippen LogP contribution < -0.4 is 0 Å². The molecule has 0 fully saturated rings. The zero-order valence-corrected chi connectivity index (χ0v) is 5.05. The van der Waals surface area contributed by atoms with Gasteiger partial charge >= 0.3 is 24.6 Å². The number of alkyl halides is 2. The Morgan fingerprint density at radius 2 is 1.33 bits per heavy atom. The van der Waals surface area contributed by atoms with E-state index in [1.807, 2.05) is 0 Å². The summed E-state index contributed by atoms with van der Waals surface area (Å²) in [5, 5.41) is 0. The Hall–Kier alpha value is -0.950. The standard InChI is InChI=1S/C4F7O/c5-1(6)2(7)12-4(10,11)3(8)9. The predicted molar refractivity (Wildman–Crippen MR) is 21.8 cm³/mol. The molecule has 0 spiro atoms. The highest BCUT2D eigenvalue weighted by molar-refractivity contribution is 4.86. The third-order valence-electron chi connectivity index (χ3n) is 0.586. The monoisotopic (exact) mass is 197 g/mol. The van der Waals surface area contributed by atoms with Crippen LogP contribution in [0.2, 0.25) is 0 Å². The van der Waals surface area contributed by atoms with Crippen molar-refractivity contribution in [3.63, 3.8) is 0 Å².